The number of piperidine rings is 1. The molecule has 1 aliphatic rings. The zero-order valence-electron chi connectivity index (χ0n) is 12.1. The lowest BCUT2D eigenvalue weighted by molar-refractivity contribution is -0.915. The highest BCUT2D eigenvalue weighted by atomic mass is 15.3. The first-order chi connectivity index (χ1) is 8.72. The van der Waals surface area contributed by atoms with Gasteiger partial charge < -0.3 is 4.48 Å². The summed E-state index contributed by atoms with van der Waals surface area (Å²) in [5.74, 6) is 1.00. The summed E-state index contributed by atoms with van der Waals surface area (Å²) >= 11 is 0. The molecule has 1 aliphatic heterocycles. The molecular weight excluding hydrogens is 218 g/mol. The topological polar surface area (TPSA) is 0 Å². The van der Waals surface area contributed by atoms with Crippen LogP contribution in [0.25, 0.3) is 0 Å². The van der Waals surface area contributed by atoms with E-state index in [1.807, 2.05) is 0 Å². The highest BCUT2D eigenvalue weighted by molar-refractivity contribution is 5.14. The average Bonchev–Trinajstić information content (AvgIpc) is 2.41. The lowest BCUT2D eigenvalue weighted by atomic mass is 9.93. The molecule has 0 saturated carbocycles. The second-order valence-electron chi connectivity index (χ2n) is 6.23. The minimum atomic E-state index is 1.00. The molecule has 1 heterocycles. The molecule has 0 amide bonds. The fourth-order valence-corrected chi connectivity index (χ4v) is 3.19. The molecule has 100 valence electrons. The van der Waals surface area contributed by atoms with Crippen molar-refractivity contribution in [1.29, 1.82) is 0 Å². The minimum Gasteiger partial charge on any atom is -0.326 e. The molecule has 0 N–H and O–H groups in total. The lowest BCUT2D eigenvalue weighted by Gasteiger charge is -2.40. The highest BCUT2D eigenvalue weighted by Crippen LogP contribution is 2.24. The van der Waals surface area contributed by atoms with Crippen molar-refractivity contribution in [2.24, 2.45) is 5.92 Å². The number of hydrogen-bond donors (Lipinski definition) is 0. The standard InChI is InChI=1S/C17H28N/c1-3-16-11-14-18(2,15-12-16)13-7-10-17-8-5-4-6-9-17/h4-6,8-9,16H,3,7,10-15H2,1-2H3/q+1. The smallest absolute Gasteiger partial charge is 0.0787 e. The predicted octanol–water partition coefficient (Wildman–Crippen LogP) is 3.89. The second kappa shape index (κ2) is 6.38. The van der Waals surface area contributed by atoms with Crippen LogP contribution >= 0.6 is 0 Å². The van der Waals surface area contributed by atoms with Gasteiger partial charge in [0.05, 0.1) is 26.7 Å². The van der Waals surface area contributed by atoms with Crippen LogP contribution in [0.1, 0.15) is 38.2 Å². The zero-order chi connectivity index (χ0) is 12.8. The van der Waals surface area contributed by atoms with E-state index in [4.69, 9.17) is 0 Å². The third kappa shape index (κ3) is 3.84. The third-order valence-electron chi connectivity index (χ3n) is 4.74. The molecule has 1 nitrogen and oxygen atoms in total. The molecule has 18 heavy (non-hydrogen) atoms. The monoisotopic (exact) mass is 246 g/mol. The van der Waals surface area contributed by atoms with E-state index in [1.54, 1.807) is 0 Å². The summed E-state index contributed by atoms with van der Waals surface area (Å²) in [5, 5.41) is 0. The quantitative estimate of drug-likeness (QED) is 0.692. The Morgan fingerprint density at radius 1 is 1.11 bits per heavy atom. The van der Waals surface area contributed by atoms with Crippen molar-refractivity contribution < 1.29 is 4.48 Å². The van der Waals surface area contributed by atoms with Crippen LogP contribution in [0.2, 0.25) is 0 Å². The molecule has 1 heteroatoms. The fourth-order valence-electron chi connectivity index (χ4n) is 3.19. The number of hydrogen-bond acceptors (Lipinski definition) is 0. The summed E-state index contributed by atoms with van der Waals surface area (Å²) in [6.07, 6.45) is 6.84. The van der Waals surface area contributed by atoms with Crippen molar-refractivity contribution in [3.8, 4) is 0 Å². The van der Waals surface area contributed by atoms with Crippen molar-refractivity contribution in [1.82, 2.24) is 0 Å². The van der Waals surface area contributed by atoms with Crippen LogP contribution in [0.15, 0.2) is 30.3 Å². The Morgan fingerprint density at radius 3 is 2.39 bits per heavy atom. The summed E-state index contributed by atoms with van der Waals surface area (Å²) in [6, 6.07) is 10.9. The van der Waals surface area contributed by atoms with Crippen molar-refractivity contribution in [3.05, 3.63) is 35.9 Å². The lowest BCUT2D eigenvalue weighted by Crippen LogP contribution is -2.50. The Kier molecular flexibility index (Phi) is 4.82. The van der Waals surface area contributed by atoms with Gasteiger partial charge in [-0.25, -0.2) is 0 Å². The van der Waals surface area contributed by atoms with Gasteiger partial charge in [-0.15, -0.1) is 0 Å². The fraction of sp³-hybridized carbons (Fsp3) is 0.647. The summed E-state index contributed by atoms with van der Waals surface area (Å²) in [6.45, 7) is 6.49. The number of aryl methyl sites for hydroxylation is 1. The van der Waals surface area contributed by atoms with Gasteiger partial charge in [0.2, 0.25) is 0 Å². The number of benzene rings is 1. The largest absolute Gasteiger partial charge is 0.326 e. The molecule has 0 atom stereocenters. The Hall–Kier alpha value is -0.820. The van der Waals surface area contributed by atoms with Crippen LogP contribution in [0.3, 0.4) is 0 Å². The van der Waals surface area contributed by atoms with Crippen LogP contribution in [0.4, 0.5) is 0 Å². The van der Waals surface area contributed by atoms with Gasteiger partial charge in [-0.3, -0.25) is 0 Å². The Labute approximate surface area is 112 Å². The van der Waals surface area contributed by atoms with Gasteiger partial charge in [0.15, 0.2) is 0 Å². The van der Waals surface area contributed by atoms with E-state index in [1.165, 1.54) is 61.8 Å². The van der Waals surface area contributed by atoms with Gasteiger partial charge in [0, 0.05) is 6.42 Å². The SMILES string of the molecule is CCC1CC[N+](C)(CCCc2ccccc2)CC1. The molecule has 0 unspecified atom stereocenters. The van der Waals surface area contributed by atoms with E-state index in [9.17, 15) is 0 Å². The van der Waals surface area contributed by atoms with E-state index in [2.05, 4.69) is 44.3 Å². The van der Waals surface area contributed by atoms with E-state index in [-0.39, 0.29) is 0 Å². The summed E-state index contributed by atoms with van der Waals surface area (Å²) in [7, 11) is 2.46. The number of rotatable bonds is 5. The first-order valence-electron chi connectivity index (χ1n) is 7.59. The maximum atomic E-state index is 2.46. The van der Waals surface area contributed by atoms with Crippen LogP contribution in [-0.4, -0.2) is 31.2 Å². The molecule has 1 aromatic rings. The van der Waals surface area contributed by atoms with E-state index < -0.39 is 0 Å². The minimum absolute atomic E-state index is 1.00. The highest BCUT2D eigenvalue weighted by Gasteiger charge is 2.28. The van der Waals surface area contributed by atoms with Crippen LogP contribution in [0, 0.1) is 5.92 Å². The van der Waals surface area contributed by atoms with Crippen molar-refractivity contribution >= 4 is 0 Å². The van der Waals surface area contributed by atoms with Gasteiger partial charge in [-0.1, -0.05) is 43.7 Å². The molecule has 0 aromatic heterocycles. The van der Waals surface area contributed by atoms with Crippen LogP contribution < -0.4 is 0 Å². The zero-order valence-corrected chi connectivity index (χ0v) is 12.1. The van der Waals surface area contributed by atoms with Gasteiger partial charge >= 0.3 is 0 Å². The van der Waals surface area contributed by atoms with Gasteiger partial charge in [-0.2, -0.15) is 0 Å². The van der Waals surface area contributed by atoms with Crippen molar-refractivity contribution in [2.45, 2.75) is 39.0 Å². The Balaban J connectivity index is 1.73. The molecule has 0 spiro atoms. The normalized spacial score (nSPS) is 28.2. The molecule has 1 aromatic carbocycles. The molecule has 2 rings (SSSR count). The Bertz CT molecular complexity index is 336. The molecular formula is C17H28N+. The van der Waals surface area contributed by atoms with Gasteiger partial charge in [0.1, 0.15) is 0 Å². The average molecular weight is 246 g/mol. The number of nitrogens with zero attached hydrogens (tertiary/aromatic N) is 1. The van der Waals surface area contributed by atoms with Crippen molar-refractivity contribution in [3.63, 3.8) is 0 Å². The Morgan fingerprint density at radius 2 is 1.78 bits per heavy atom. The first kappa shape index (κ1) is 13.6. The van der Waals surface area contributed by atoms with Gasteiger partial charge in [0.25, 0.3) is 0 Å². The summed E-state index contributed by atoms with van der Waals surface area (Å²) in [5.41, 5.74) is 1.49. The molecule has 1 saturated heterocycles. The van der Waals surface area contributed by atoms with E-state index >= 15 is 0 Å². The molecule has 1 fully saturated rings. The number of likely N-dealkylation sites (tertiary alicyclic amines) is 1. The third-order valence-corrected chi connectivity index (χ3v) is 4.74. The summed E-state index contributed by atoms with van der Waals surface area (Å²) in [4.78, 5) is 0. The molecule has 0 bridgehead atoms. The molecule has 0 radical (unpaired) electrons. The van der Waals surface area contributed by atoms with Gasteiger partial charge in [-0.05, 0) is 30.7 Å². The van der Waals surface area contributed by atoms with Crippen LogP contribution in [-0.2, 0) is 6.42 Å². The maximum absolute atomic E-state index is 2.46. The predicted molar refractivity (Wildman–Crippen MR) is 78.6 cm³/mol. The van der Waals surface area contributed by atoms with Crippen LogP contribution in [0.5, 0.6) is 0 Å². The first-order valence-corrected chi connectivity index (χ1v) is 7.59. The van der Waals surface area contributed by atoms with Crippen molar-refractivity contribution in [2.75, 3.05) is 26.7 Å². The summed E-state index contributed by atoms with van der Waals surface area (Å²) < 4.78 is 1.31. The maximum Gasteiger partial charge on any atom is 0.0787 e. The second-order valence-corrected chi connectivity index (χ2v) is 6.23. The van der Waals surface area contributed by atoms with E-state index in [0.29, 0.717) is 0 Å². The van der Waals surface area contributed by atoms with E-state index in [0.717, 1.165) is 5.92 Å². The molecule has 0 aliphatic carbocycles. The number of quaternary nitrogens is 1.